The summed E-state index contributed by atoms with van der Waals surface area (Å²) in [5.41, 5.74) is 6.03. The minimum absolute atomic E-state index is 0.0264. The third-order valence-corrected chi connectivity index (χ3v) is 3.67. The smallest absolute Gasteiger partial charge is 0.271 e. The van der Waals surface area contributed by atoms with Crippen LogP contribution in [0.3, 0.4) is 0 Å². The molecule has 1 aromatic rings. The first-order valence-corrected chi connectivity index (χ1v) is 7.06. The molecule has 1 atom stereocenters. The van der Waals surface area contributed by atoms with Gasteiger partial charge in [0.25, 0.3) is 5.69 Å². The number of nitrogens with zero attached hydrogens (tertiary/aromatic N) is 2. The highest BCUT2D eigenvalue weighted by molar-refractivity contribution is 5.58. The Morgan fingerprint density at radius 2 is 2.19 bits per heavy atom. The fourth-order valence-corrected chi connectivity index (χ4v) is 2.32. The summed E-state index contributed by atoms with van der Waals surface area (Å²) in [5.74, 6) is 0.495. The van der Waals surface area contributed by atoms with Gasteiger partial charge in [-0.15, -0.1) is 0 Å². The average Bonchev–Trinajstić information content (AvgIpc) is 2.49. The molecule has 0 saturated carbocycles. The van der Waals surface area contributed by atoms with Gasteiger partial charge < -0.3 is 15.2 Å². The van der Waals surface area contributed by atoms with E-state index in [2.05, 4.69) is 11.8 Å². The Balaban J connectivity index is 1.81. The molecule has 1 unspecified atom stereocenters. The van der Waals surface area contributed by atoms with Crippen molar-refractivity contribution in [1.82, 2.24) is 4.90 Å². The van der Waals surface area contributed by atoms with E-state index in [1.807, 2.05) is 0 Å². The monoisotopic (exact) mass is 295 g/mol. The van der Waals surface area contributed by atoms with Gasteiger partial charge in [0.1, 0.15) is 5.75 Å². The van der Waals surface area contributed by atoms with E-state index in [1.54, 1.807) is 6.07 Å². The van der Waals surface area contributed by atoms with Gasteiger partial charge in [0.2, 0.25) is 0 Å². The summed E-state index contributed by atoms with van der Waals surface area (Å²) >= 11 is 0. The maximum atomic E-state index is 10.6. The molecule has 0 aliphatic carbocycles. The van der Waals surface area contributed by atoms with Gasteiger partial charge in [0.05, 0.1) is 30.4 Å². The van der Waals surface area contributed by atoms with Gasteiger partial charge in [-0.1, -0.05) is 0 Å². The van der Waals surface area contributed by atoms with Crippen molar-refractivity contribution in [2.75, 3.05) is 38.6 Å². The first-order valence-electron chi connectivity index (χ1n) is 7.06. The van der Waals surface area contributed by atoms with Gasteiger partial charge in [-0.2, -0.15) is 0 Å². The van der Waals surface area contributed by atoms with Gasteiger partial charge in [-0.25, -0.2) is 0 Å². The molecule has 7 heteroatoms. The average molecular weight is 295 g/mol. The van der Waals surface area contributed by atoms with E-state index in [9.17, 15) is 10.1 Å². The van der Waals surface area contributed by atoms with Gasteiger partial charge >= 0.3 is 0 Å². The van der Waals surface area contributed by atoms with E-state index in [0.29, 0.717) is 24.1 Å². The number of morpholine rings is 1. The Kier molecular flexibility index (Phi) is 5.35. The molecular weight excluding hydrogens is 274 g/mol. The summed E-state index contributed by atoms with van der Waals surface area (Å²) < 4.78 is 11.0. The maximum absolute atomic E-state index is 10.6. The number of non-ortho nitro benzene ring substituents is 1. The number of nitrogens with two attached hydrogens (primary N) is 1. The number of nitro groups is 1. The number of ether oxygens (including phenoxy) is 2. The van der Waals surface area contributed by atoms with E-state index >= 15 is 0 Å². The summed E-state index contributed by atoms with van der Waals surface area (Å²) in [6, 6.07) is 4.68. The van der Waals surface area contributed by atoms with Crippen molar-refractivity contribution in [3.8, 4) is 5.75 Å². The number of nitro benzene ring substituents is 1. The second-order valence-electron chi connectivity index (χ2n) is 5.11. The third-order valence-electron chi connectivity index (χ3n) is 3.67. The van der Waals surface area contributed by atoms with E-state index < -0.39 is 4.92 Å². The molecule has 0 spiro atoms. The number of hydrogen-bond donors (Lipinski definition) is 1. The van der Waals surface area contributed by atoms with Crippen LogP contribution in [-0.4, -0.2) is 48.8 Å². The van der Waals surface area contributed by atoms with E-state index in [1.165, 1.54) is 12.1 Å². The fourth-order valence-electron chi connectivity index (χ4n) is 2.32. The molecule has 1 saturated heterocycles. The molecule has 2 rings (SSSR count). The minimum Gasteiger partial charge on any atom is -0.491 e. The number of hydrogen-bond acceptors (Lipinski definition) is 6. The highest BCUT2D eigenvalue weighted by atomic mass is 16.6. The Hall–Kier alpha value is -1.86. The lowest BCUT2D eigenvalue weighted by Crippen LogP contribution is -2.42. The lowest BCUT2D eigenvalue weighted by atomic mass is 10.2. The molecule has 0 aromatic heterocycles. The van der Waals surface area contributed by atoms with Crippen LogP contribution in [0, 0.1) is 10.1 Å². The standard InChI is InChI=1S/C14H21N3O4/c1-11(16-5-8-20-9-6-16)4-7-21-14-3-2-12(17(18)19)10-13(14)15/h2-3,10-11H,4-9,15H2,1H3. The van der Waals surface area contributed by atoms with Crippen LogP contribution in [0.2, 0.25) is 0 Å². The van der Waals surface area contributed by atoms with Crippen LogP contribution < -0.4 is 10.5 Å². The maximum Gasteiger partial charge on any atom is 0.271 e. The van der Waals surface area contributed by atoms with Gasteiger partial charge in [-0.3, -0.25) is 15.0 Å². The zero-order chi connectivity index (χ0) is 15.2. The largest absolute Gasteiger partial charge is 0.491 e. The van der Waals surface area contributed by atoms with Crippen molar-refractivity contribution in [1.29, 1.82) is 0 Å². The molecule has 2 N–H and O–H groups in total. The van der Waals surface area contributed by atoms with Crippen molar-refractivity contribution in [2.24, 2.45) is 0 Å². The Labute approximate surface area is 123 Å². The van der Waals surface area contributed by atoms with Crippen LogP contribution in [0.4, 0.5) is 11.4 Å². The van der Waals surface area contributed by atoms with Crippen LogP contribution in [0.5, 0.6) is 5.75 Å². The molecule has 116 valence electrons. The molecule has 1 aliphatic rings. The molecule has 1 aromatic carbocycles. The first-order chi connectivity index (χ1) is 10.1. The molecule has 1 heterocycles. The predicted octanol–water partition coefficient (Wildman–Crippen LogP) is 1.67. The molecule has 1 fully saturated rings. The first kappa shape index (κ1) is 15.5. The van der Waals surface area contributed by atoms with Crippen LogP contribution in [0.25, 0.3) is 0 Å². The molecule has 21 heavy (non-hydrogen) atoms. The van der Waals surface area contributed by atoms with Crippen molar-refractivity contribution < 1.29 is 14.4 Å². The summed E-state index contributed by atoms with van der Waals surface area (Å²) in [4.78, 5) is 12.5. The molecular formula is C14H21N3O4. The van der Waals surface area contributed by atoms with Crippen molar-refractivity contribution in [3.63, 3.8) is 0 Å². The van der Waals surface area contributed by atoms with Crippen molar-refractivity contribution >= 4 is 11.4 Å². The SMILES string of the molecule is CC(CCOc1ccc([N+](=O)[O-])cc1N)N1CCOCC1. The summed E-state index contributed by atoms with van der Waals surface area (Å²) in [5, 5.41) is 10.6. The molecule has 0 bridgehead atoms. The number of rotatable bonds is 6. The quantitative estimate of drug-likeness (QED) is 0.487. The van der Waals surface area contributed by atoms with Crippen LogP contribution >= 0.6 is 0 Å². The lowest BCUT2D eigenvalue weighted by Gasteiger charge is -2.32. The molecule has 1 aliphatic heterocycles. The topological polar surface area (TPSA) is 90.9 Å². The Morgan fingerprint density at radius 1 is 1.48 bits per heavy atom. The van der Waals surface area contributed by atoms with Gasteiger partial charge in [0, 0.05) is 31.3 Å². The Morgan fingerprint density at radius 3 is 2.81 bits per heavy atom. The second-order valence-corrected chi connectivity index (χ2v) is 5.11. The normalized spacial score (nSPS) is 17.4. The lowest BCUT2D eigenvalue weighted by molar-refractivity contribution is -0.384. The summed E-state index contributed by atoms with van der Waals surface area (Å²) in [6.45, 7) is 6.14. The third kappa shape index (κ3) is 4.30. The highest BCUT2D eigenvalue weighted by Gasteiger charge is 2.17. The summed E-state index contributed by atoms with van der Waals surface area (Å²) in [6.07, 6.45) is 0.871. The number of nitrogen functional groups attached to an aromatic ring is 1. The minimum atomic E-state index is -0.472. The fraction of sp³-hybridized carbons (Fsp3) is 0.571. The second kappa shape index (κ2) is 7.24. The van der Waals surface area contributed by atoms with Crippen LogP contribution in [0.1, 0.15) is 13.3 Å². The summed E-state index contributed by atoms with van der Waals surface area (Å²) in [7, 11) is 0. The zero-order valence-corrected chi connectivity index (χ0v) is 12.2. The van der Waals surface area contributed by atoms with Crippen molar-refractivity contribution in [3.05, 3.63) is 28.3 Å². The van der Waals surface area contributed by atoms with E-state index in [4.69, 9.17) is 15.2 Å². The van der Waals surface area contributed by atoms with Crippen LogP contribution in [-0.2, 0) is 4.74 Å². The van der Waals surface area contributed by atoms with Gasteiger partial charge in [-0.05, 0) is 19.4 Å². The molecule has 0 radical (unpaired) electrons. The van der Waals surface area contributed by atoms with Crippen LogP contribution in [0.15, 0.2) is 18.2 Å². The molecule has 7 nitrogen and oxygen atoms in total. The zero-order valence-electron chi connectivity index (χ0n) is 12.2. The highest BCUT2D eigenvalue weighted by Crippen LogP contribution is 2.26. The van der Waals surface area contributed by atoms with E-state index in [-0.39, 0.29) is 5.69 Å². The Bertz CT molecular complexity index is 489. The van der Waals surface area contributed by atoms with E-state index in [0.717, 1.165) is 32.7 Å². The van der Waals surface area contributed by atoms with Gasteiger partial charge in [0.15, 0.2) is 0 Å². The predicted molar refractivity (Wildman–Crippen MR) is 79.5 cm³/mol. The number of benzene rings is 1. The number of anilines is 1. The molecule has 0 amide bonds. The van der Waals surface area contributed by atoms with Crippen molar-refractivity contribution in [2.45, 2.75) is 19.4 Å².